The van der Waals surface area contributed by atoms with Crippen molar-refractivity contribution in [2.75, 3.05) is 11.5 Å². The molecule has 3 nitrogen and oxygen atoms in total. The van der Waals surface area contributed by atoms with E-state index < -0.39 is 9.84 Å². The average molecular weight is 295 g/mol. The van der Waals surface area contributed by atoms with Crippen LogP contribution < -0.4 is 5.73 Å². The summed E-state index contributed by atoms with van der Waals surface area (Å²) in [5.41, 5.74) is 9.14. The van der Waals surface area contributed by atoms with Gasteiger partial charge in [-0.15, -0.1) is 0 Å². The Morgan fingerprint density at radius 1 is 1.35 bits per heavy atom. The van der Waals surface area contributed by atoms with Crippen LogP contribution in [0.15, 0.2) is 24.3 Å². The van der Waals surface area contributed by atoms with E-state index in [4.69, 9.17) is 5.73 Å². The van der Waals surface area contributed by atoms with Gasteiger partial charge in [0.1, 0.15) is 9.84 Å². The molecule has 2 unspecified atom stereocenters. The van der Waals surface area contributed by atoms with Crippen LogP contribution in [-0.2, 0) is 16.3 Å². The summed E-state index contributed by atoms with van der Waals surface area (Å²) in [5.74, 6) is 0.893. The molecule has 0 amide bonds. The van der Waals surface area contributed by atoms with Gasteiger partial charge in [0.15, 0.2) is 0 Å². The van der Waals surface area contributed by atoms with Gasteiger partial charge in [-0.05, 0) is 49.1 Å². The van der Waals surface area contributed by atoms with Gasteiger partial charge >= 0.3 is 0 Å². The van der Waals surface area contributed by atoms with Crippen molar-refractivity contribution in [3.05, 3.63) is 35.4 Å². The number of aryl methyl sites for hydroxylation is 1. The molecule has 1 aliphatic carbocycles. The summed E-state index contributed by atoms with van der Waals surface area (Å²) in [6, 6.07) is 8.60. The normalized spacial score (nSPS) is 20.4. The lowest BCUT2D eigenvalue weighted by molar-refractivity contribution is 0.438. The van der Waals surface area contributed by atoms with Crippen molar-refractivity contribution in [1.29, 1.82) is 0 Å². The van der Waals surface area contributed by atoms with Crippen molar-refractivity contribution >= 4 is 9.84 Å². The number of fused-ring (bicyclic) bond motifs is 1. The fraction of sp³-hybridized carbons (Fsp3) is 0.625. The first-order valence-electron chi connectivity index (χ1n) is 7.57. The van der Waals surface area contributed by atoms with E-state index in [1.807, 2.05) is 0 Å². The molecule has 0 bridgehead atoms. The van der Waals surface area contributed by atoms with Gasteiger partial charge in [-0.2, -0.15) is 0 Å². The van der Waals surface area contributed by atoms with E-state index in [1.165, 1.54) is 17.5 Å². The van der Waals surface area contributed by atoms with Crippen molar-refractivity contribution in [3.8, 4) is 0 Å². The van der Waals surface area contributed by atoms with Crippen molar-refractivity contribution in [2.45, 2.75) is 51.0 Å². The summed E-state index contributed by atoms with van der Waals surface area (Å²) < 4.78 is 23.0. The highest BCUT2D eigenvalue weighted by atomic mass is 32.2. The molecule has 112 valence electrons. The van der Waals surface area contributed by atoms with Crippen LogP contribution in [0.25, 0.3) is 0 Å². The maximum atomic E-state index is 11.5. The van der Waals surface area contributed by atoms with Crippen molar-refractivity contribution in [3.63, 3.8) is 0 Å². The molecule has 0 spiro atoms. The molecular formula is C16H25NO2S. The number of nitrogens with two attached hydrogens (primary N) is 1. The second-order valence-electron chi connectivity index (χ2n) is 5.74. The van der Waals surface area contributed by atoms with Gasteiger partial charge in [0.2, 0.25) is 0 Å². The summed E-state index contributed by atoms with van der Waals surface area (Å²) in [4.78, 5) is 0. The second-order valence-corrected chi connectivity index (χ2v) is 8.21. The van der Waals surface area contributed by atoms with Crippen LogP contribution >= 0.6 is 0 Å². The Morgan fingerprint density at radius 3 is 2.85 bits per heavy atom. The van der Waals surface area contributed by atoms with Gasteiger partial charge in [-0.25, -0.2) is 8.42 Å². The lowest BCUT2D eigenvalue weighted by atomic mass is 9.78. The Kier molecular flexibility index (Phi) is 5.22. The molecule has 0 saturated carbocycles. The third-order valence-electron chi connectivity index (χ3n) is 4.37. The van der Waals surface area contributed by atoms with E-state index >= 15 is 0 Å². The SMILES string of the molecule is CCS(=O)(=O)CCCC(N)C1CCCc2ccccc21. The summed E-state index contributed by atoms with van der Waals surface area (Å²) in [6.45, 7) is 1.70. The Labute approximate surface area is 122 Å². The maximum absolute atomic E-state index is 11.5. The lowest BCUT2D eigenvalue weighted by Gasteiger charge is -2.30. The molecule has 2 N–H and O–H groups in total. The Balaban J connectivity index is 1.95. The molecule has 0 heterocycles. The Morgan fingerprint density at radius 2 is 2.10 bits per heavy atom. The Hall–Kier alpha value is -0.870. The molecule has 1 aliphatic rings. The van der Waals surface area contributed by atoms with Crippen molar-refractivity contribution in [2.24, 2.45) is 5.73 Å². The van der Waals surface area contributed by atoms with Crippen LogP contribution in [0.5, 0.6) is 0 Å². The summed E-state index contributed by atoms with van der Waals surface area (Å²) >= 11 is 0. The number of rotatable bonds is 6. The van der Waals surface area contributed by atoms with Crippen LogP contribution in [0.3, 0.4) is 0 Å². The molecule has 1 aromatic carbocycles. The molecule has 0 aromatic heterocycles. The first kappa shape index (κ1) is 15.5. The highest BCUT2D eigenvalue weighted by Crippen LogP contribution is 2.34. The van der Waals surface area contributed by atoms with E-state index in [-0.39, 0.29) is 17.5 Å². The smallest absolute Gasteiger partial charge is 0.150 e. The predicted molar refractivity (Wildman–Crippen MR) is 83.7 cm³/mol. The van der Waals surface area contributed by atoms with E-state index in [2.05, 4.69) is 24.3 Å². The molecule has 0 aliphatic heterocycles. The highest BCUT2D eigenvalue weighted by Gasteiger charge is 2.25. The summed E-state index contributed by atoms with van der Waals surface area (Å²) in [7, 11) is -2.86. The average Bonchev–Trinajstić information content (AvgIpc) is 2.46. The molecule has 2 rings (SSSR count). The van der Waals surface area contributed by atoms with E-state index in [0.717, 1.165) is 19.3 Å². The topological polar surface area (TPSA) is 60.2 Å². The van der Waals surface area contributed by atoms with Gasteiger partial charge in [0.25, 0.3) is 0 Å². The molecule has 0 radical (unpaired) electrons. The molecule has 20 heavy (non-hydrogen) atoms. The molecule has 0 saturated heterocycles. The first-order valence-corrected chi connectivity index (χ1v) is 9.39. The van der Waals surface area contributed by atoms with Crippen LogP contribution in [0.4, 0.5) is 0 Å². The number of hydrogen-bond donors (Lipinski definition) is 1. The second kappa shape index (κ2) is 6.72. The number of benzene rings is 1. The summed E-state index contributed by atoms with van der Waals surface area (Å²) in [5, 5.41) is 0. The standard InChI is InChI=1S/C16H25NO2S/c1-2-20(18,19)12-6-11-16(17)15-10-5-8-13-7-3-4-9-14(13)15/h3-4,7,9,15-16H,2,5-6,8,10-12,17H2,1H3. The van der Waals surface area contributed by atoms with Gasteiger partial charge in [0, 0.05) is 11.8 Å². The van der Waals surface area contributed by atoms with Crippen LogP contribution in [-0.4, -0.2) is 26.0 Å². The zero-order chi connectivity index (χ0) is 14.6. The predicted octanol–water partition coefficient (Wildman–Crippen LogP) is 2.65. The van der Waals surface area contributed by atoms with E-state index in [9.17, 15) is 8.42 Å². The fourth-order valence-corrected chi connectivity index (χ4v) is 4.02. The molecular weight excluding hydrogens is 270 g/mol. The third-order valence-corrected chi connectivity index (χ3v) is 6.16. The Bertz CT molecular complexity index is 539. The highest BCUT2D eigenvalue weighted by molar-refractivity contribution is 7.91. The quantitative estimate of drug-likeness (QED) is 0.877. The zero-order valence-corrected chi connectivity index (χ0v) is 13.0. The van der Waals surface area contributed by atoms with E-state index in [1.54, 1.807) is 6.92 Å². The minimum Gasteiger partial charge on any atom is -0.327 e. The molecule has 1 aromatic rings. The molecule has 4 heteroatoms. The zero-order valence-electron chi connectivity index (χ0n) is 12.2. The minimum absolute atomic E-state index is 0.0727. The van der Waals surface area contributed by atoms with Gasteiger partial charge in [0.05, 0.1) is 5.75 Å². The van der Waals surface area contributed by atoms with E-state index in [0.29, 0.717) is 12.3 Å². The monoisotopic (exact) mass is 295 g/mol. The van der Waals surface area contributed by atoms with Crippen LogP contribution in [0.2, 0.25) is 0 Å². The number of sulfone groups is 1. The molecule has 2 atom stereocenters. The van der Waals surface area contributed by atoms with Crippen LogP contribution in [0.1, 0.15) is 49.7 Å². The fourth-order valence-electron chi connectivity index (χ4n) is 3.12. The molecule has 0 fully saturated rings. The maximum Gasteiger partial charge on any atom is 0.150 e. The lowest BCUT2D eigenvalue weighted by Crippen LogP contribution is -2.31. The summed E-state index contributed by atoms with van der Waals surface area (Å²) in [6.07, 6.45) is 4.92. The van der Waals surface area contributed by atoms with Crippen molar-refractivity contribution in [1.82, 2.24) is 0 Å². The number of hydrogen-bond acceptors (Lipinski definition) is 3. The largest absolute Gasteiger partial charge is 0.327 e. The minimum atomic E-state index is -2.86. The van der Waals surface area contributed by atoms with Crippen molar-refractivity contribution < 1.29 is 8.42 Å². The van der Waals surface area contributed by atoms with Gasteiger partial charge in [-0.1, -0.05) is 31.2 Å². The first-order chi connectivity index (χ1) is 9.53. The van der Waals surface area contributed by atoms with Gasteiger partial charge in [-0.3, -0.25) is 0 Å². The van der Waals surface area contributed by atoms with Crippen LogP contribution in [0, 0.1) is 0 Å². The third kappa shape index (κ3) is 3.83. The van der Waals surface area contributed by atoms with Gasteiger partial charge < -0.3 is 5.73 Å².